The second-order valence-electron chi connectivity index (χ2n) is 7.86. The van der Waals surface area contributed by atoms with Gasteiger partial charge in [0.15, 0.2) is 17.3 Å². The molecule has 0 aliphatic carbocycles. The molecule has 0 amide bonds. The fourth-order valence-corrected chi connectivity index (χ4v) is 3.35. The van der Waals surface area contributed by atoms with E-state index in [2.05, 4.69) is 20.3 Å². The molecule has 0 N–H and O–H groups in total. The van der Waals surface area contributed by atoms with Crippen LogP contribution in [0.15, 0.2) is 48.9 Å². The summed E-state index contributed by atoms with van der Waals surface area (Å²) >= 11 is 0. The first kappa shape index (κ1) is 22.2. The molecule has 33 heavy (non-hydrogen) atoms. The second-order valence-corrected chi connectivity index (χ2v) is 7.86. The number of nitrogens with zero attached hydrogens (tertiary/aromatic N) is 5. The Bertz CT molecular complexity index is 1270. The predicted octanol–water partition coefficient (Wildman–Crippen LogP) is 3.97. The van der Waals surface area contributed by atoms with Gasteiger partial charge in [-0.15, -0.1) is 5.10 Å². The Labute approximate surface area is 191 Å². The van der Waals surface area contributed by atoms with Gasteiger partial charge in [0.1, 0.15) is 18.6 Å². The molecule has 0 aliphatic rings. The fourth-order valence-electron chi connectivity index (χ4n) is 3.35. The largest absolute Gasteiger partial charge is 0.493 e. The monoisotopic (exact) mass is 447 g/mol. The van der Waals surface area contributed by atoms with Crippen molar-refractivity contribution in [2.24, 2.45) is 0 Å². The number of ketones is 1. The number of hydrogen-bond acceptors (Lipinski definition) is 8. The molecule has 0 radical (unpaired) electrons. The lowest BCUT2D eigenvalue weighted by molar-refractivity contribution is -0.119. The molecule has 0 fully saturated rings. The summed E-state index contributed by atoms with van der Waals surface area (Å²) in [7, 11) is 3.14. The quantitative estimate of drug-likeness (QED) is 0.380. The molecule has 4 aromatic rings. The lowest BCUT2D eigenvalue weighted by Gasteiger charge is -2.11. The van der Waals surface area contributed by atoms with Crippen molar-refractivity contribution in [1.29, 1.82) is 0 Å². The van der Waals surface area contributed by atoms with E-state index in [1.54, 1.807) is 31.0 Å². The minimum atomic E-state index is 0.0479. The first-order chi connectivity index (χ1) is 16.0. The van der Waals surface area contributed by atoms with Crippen molar-refractivity contribution in [3.63, 3.8) is 0 Å². The molecule has 2 aromatic heterocycles. The zero-order chi connectivity index (χ0) is 23.4. The predicted molar refractivity (Wildman–Crippen MR) is 122 cm³/mol. The lowest BCUT2D eigenvalue weighted by Crippen LogP contribution is -2.13. The van der Waals surface area contributed by atoms with Gasteiger partial charge >= 0.3 is 0 Å². The number of aromatic nitrogens is 5. The summed E-state index contributed by atoms with van der Waals surface area (Å²) in [4.78, 5) is 21.0. The van der Waals surface area contributed by atoms with E-state index < -0.39 is 0 Å². The standard InChI is InChI=1S/C24H25N5O4/c1-15(2)21-13-29(28-27-21)12-17(30)9-16-5-7-18(8-6-16)33-24-19-10-22(31-3)23(32-4)11-20(19)25-14-26-24/h5-8,10-11,13-15H,9,12H2,1-4H3. The van der Waals surface area contributed by atoms with Crippen molar-refractivity contribution >= 4 is 16.7 Å². The van der Waals surface area contributed by atoms with E-state index in [4.69, 9.17) is 14.2 Å². The van der Waals surface area contributed by atoms with Crippen LogP contribution < -0.4 is 14.2 Å². The fraction of sp³-hybridized carbons (Fsp3) is 0.292. The van der Waals surface area contributed by atoms with Gasteiger partial charge in [-0.1, -0.05) is 31.2 Å². The van der Waals surface area contributed by atoms with Gasteiger partial charge in [-0.05, 0) is 29.7 Å². The number of rotatable bonds is 9. The highest BCUT2D eigenvalue weighted by molar-refractivity contribution is 5.87. The summed E-state index contributed by atoms with van der Waals surface area (Å²) in [5.41, 5.74) is 2.43. The normalized spacial score (nSPS) is 11.1. The van der Waals surface area contributed by atoms with Crippen molar-refractivity contribution in [3.8, 4) is 23.1 Å². The molecule has 9 nitrogen and oxygen atoms in total. The van der Waals surface area contributed by atoms with Gasteiger partial charge < -0.3 is 14.2 Å². The number of methoxy groups -OCH3 is 2. The van der Waals surface area contributed by atoms with Gasteiger partial charge in [0.25, 0.3) is 0 Å². The molecule has 0 aliphatic heterocycles. The van der Waals surface area contributed by atoms with Crippen LogP contribution in [0, 0.1) is 0 Å². The summed E-state index contributed by atoms with van der Waals surface area (Å²) in [6.45, 7) is 4.27. The van der Waals surface area contributed by atoms with Crippen LogP contribution in [0.1, 0.15) is 31.0 Å². The van der Waals surface area contributed by atoms with Gasteiger partial charge in [0, 0.05) is 18.7 Å². The van der Waals surface area contributed by atoms with Crippen LogP contribution in [0.5, 0.6) is 23.1 Å². The second kappa shape index (κ2) is 9.64. The van der Waals surface area contributed by atoms with Crippen LogP contribution in [-0.2, 0) is 17.8 Å². The highest BCUT2D eigenvalue weighted by Crippen LogP contribution is 2.35. The third-order valence-electron chi connectivity index (χ3n) is 5.13. The van der Waals surface area contributed by atoms with Crippen LogP contribution in [-0.4, -0.2) is 45.0 Å². The van der Waals surface area contributed by atoms with E-state index in [0.29, 0.717) is 40.5 Å². The van der Waals surface area contributed by atoms with Crippen LogP contribution >= 0.6 is 0 Å². The molecular formula is C24H25N5O4. The van der Waals surface area contributed by atoms with E-state index in [1.165, 1.54) is 6.33 Å². The minimum Gasteiger partial charge on any atom is -0.493 e. The topological polar surface area (TPSA) is 101 Å². The van der Waals surface area contributed by atoms with E-state index in [0.717, 1.165) is 11.3 Å². The van der Waals surface area contributed by atoms with E-state index >= 15 is 0 Å². The highest BCUT2D eigenvalue weighted by Gasteiger charge is 2.13. The number of carbonyl (C=O) groups excluding carboxylic acids is 1. The Morgan fingerprint density at radius 2 is 1.76 bits per heavy atom. The first-order valence-electron chi connectivity index (χ1n) is 10.5. The van der Waals surface area contributed by atoms with E-state index in [1.807, 2.05) is 44.3 Å². The number of fused-ring (bicyclic) bond motifs is 1. The molecule has 4 rings (SSSR count). The molecule has 2 aromatic carbocycles. The molecule has 0 saturated heterocycles. The van der Waals surface area contributed by atoms with Gasteiger partial charge in [-0.2, -0.15) is 0 Å². The van der Waals surface area contributed by atoms with Crippen molar-refractivity contribution in [3.05, 3.63) is 60.2 Å². The van der Waals surface area contributed by atoms with Crippen molar-refractivity contribution in [1.82, 2.24) is 25.0 Å². The van der Waals surface area contributed by atoms with E-state index in [9.17, 15) is 4.79 Å². The summed E-state index contributed by atoms with van der Waals surface area (Å²) < 4.78 is 18.3. The molecule has 0 spiro atoms. The molecule has 0 bridgehead atoms. The van der Waals surface area contributed by atoms with Gasteiger partial charge in [-0.25, -0.2) is 14.6 Å². The number of carbonyl (C=O) groups is 1. The van der Waals surface area contributed by atoms with Gasteiger partial charge in [0.05, 0.1) is 30.8 Å². The Balaban J connectivity index is 1.45. The third-order valence-corrected chi connectivity index (χ3v) is 5.13. The maximum absolute atomic E-state index is 12.4. The SMILES string of the molecule is COc1cc2ncnc(Oc3ccc(CC(=O)Cn4cc(C(C)C)nn4)cc3)c2cc1OC. The third kappa shape index (κ3) is 5.08. The van der Waals surface area contributed by atoms with Crippen molar-refractivity contribution in [2.75, 3.05) is 14.2 Å². The summed E-state index contributed by atoms with van der Waals surface area (Å²) in [6.07, 6.45) is 3.55. The lowest BCUT2D eigenvalue weighted by atomic mass is 10.1. The summed E-state index contributed by atoms with van der Waals surface area (Å²) in [5, 5.41) is 8.81. The van der Waals surface area contributed by atoms with Gasteiger partial charge in [-0.3, -0.25) is 4.79 Å². The average molecular weight is 447 g/mol. The summed E-state index contributed by atoms with van der Waals surface area (Å²) in [6, 6.07) is 10.9. The smallest absolute Gasteiger partial charge is 0.230 e. The summed E-state index contributed by atoms with van der Waals surface area (Å²) in [5.74, 6) is 2.46. The van der Waals surface area contributed by atoms with Crippen LogP contribution in [0.4, 0.5) is 0 Å². The van der Waals surface area contributed by atoms with Crippen molar-refractivity contribution in [2.45, 2.75) is 32.7 Å². The van der Waals surface area contributed by atoms with Crippen LogP contribution in [0.3, 0.4) is 0 Å². The minimum absolute atomic E-state index is 0.0479. The number of Topliss-reactive ketones (excluding diaryl/α,β-unsaturated/α-hetero) is 1. The van der Waals surface area contributed by atoms with E-state index in [-0.39, 0.29) is 18.2 Å². The Hall–Kier alpha value is -4.01. The number of hydrogen-bond donors (Lipinski definition) is 0. The molecule has 0 saturated carbocycles. The van der Waals surface area contributed by atoms with Crippen LogP contribution in [0.2, 0.25) is 0 Å². The Morgan fingerprint density at radius 1 is 1.03 bits per heavy atom. The first-order valence-corrected chi connectivity index (χ1v) is 10.5. The number of ether oxygens (including phenoxy) is 3. The van der Waals surface area contributed by atoms with Gasteiger partial charge in [0.2, 0.25) is 5.88 Å². The molecule has 0 unspecified atom stereocenters. The number of benzene rings is 2. The molecule has 170 valence electrons. The van der Waals surface area contributed by atoms with Crippen molar-refractivity contribution < 1.29 is 19.0 Å². The molecule has 0 atom stereocenters. The Morgan fingerprint density at radius 3 is 2.42 bits per heavy atom. The zero-order valence-corrected chi connectivity index (χ0v) is 19.0. The highest BCUT2D eigenvalue weighted by atomic mass is 16.5. The average Bonchev–Trinajstić information content (AvgIpc) is 3.28. The maximum Gasteiger partial charge on any atom is 0.230 e. The molecular weight excluding hydrogens is 422 g/mol. The molecule has 9 heteroatoms. The maximum atomic E-state index is 12.4. The molecule has 2 heterocycles. The van der Waals surface area contributed by atoms with Crippen LogP contribution in [0.25, 0.3) is 10.9 Å². The Kier molecular flexibility index (Phi) is 6.48. The zero-order valence-electron chi connectivity index (χ0n) is 19.0.